The summed E-state index contributed by atoms with van der Waals surface area (Å²) in [5.74, 6) is -0.0976. The number of benzene rings is 1. The minimum atomic E-state index is -0.0976. The minimum absolute atomic E-state index is 0.0976. The lowest BCUT2D eigenvalue weighted by Crippen LogP contribution is -2.28. The van der Waals surface area contributed by atoms with Gasteiger partial charge >= 0.3 is 0 Å². The van der Waals surface area contributed by atoms with Gasteiger partial charge in [0.25, 0.3) is 0 Å². The highest BCUT2D eigenvalue weighted by molar-refractivity contribution is 5.86. The lowest BCUT2D eigenvalue weighted by Gasteiger charge is -2.05. The third kappa shape index (κ3) is 2.92. The van der Waals surface area contributed by atoms with E-state index in [-0.39, 0.29) is 12.5 Å². The van der Waals surface area contributed by atoms with Crippen LogP contribution in [0.4, 0.5) is 0 Å². The zero-order chi connectivity index (χ0) is 13.7. The van der Waals surface area contributed by atoms with Crippen molar-refractivity contribution in [3.05, 3.63) is 36.0 Å². The number of carbonyl (C=O) groups is 1. The second kappa shape index (κ2) is 6.03. The van der Waals surface area contributed by atoms with Crippen LogP contribution in [0.25, 0.3) is 10.9 Å². The van der Waals surface area contributed by atoms with Crippen LogP contribution in [0.1, 0.15) is 12.0 Å². The molecule has 0 bridgehead atoms. The van der Waals surface area contributed by atoms with Crippen LogP contribution >= 0.6 is 0 Å². The zero-order valence-corrected chi connectivity index (χ0v) is 10.6. The van der Waals surface area contributed by atoms with Gasteiger partial charge in [-0.25, -0.2) is 0 Å². The van der Waals surface area contributed by atoms with Crippen molar-refractivity contribution in [1.29, 1.82) is 5.26 Å². The minimum Gasteiger partial charge on any atom is -0.354 e. The van der Waals surface area contributed by atoms with E-state index in [4.69, 9.17) is 11.0 Å². The van der Waals surface area contributed by atoms with Crippen LogP contribution < -0.4 is 11.1 Å². The first kappa shape index (κ1) is 13.1. The Hall–Kier alpha value is -2.32. The van der Waals surface area contributed by atoms with Gasteiger partial charge in [-0.3, -0.25) is 4.79 Å². The number of hydrogen-bond donors (Lipinski definition) is 2. The second-order valence-corrected chi connectivity index (χ2v) is 4.26. The monoisotopic (exact) mass is 256 g/mol. The van der Waals surface area contributed by atoms with Gasteiger partial charge in [0, 0.05) is 30.2 Å². The SMILES string of the molecule is N#CCCNC(=O)Cn1cc(CN)c2ccccc21. The van der Waals surface area contributed by atoms with Gasteiger partial charge in [-0.1, -0.05) is 18.2 Å². The number of rotatable bonds is 5. The summed E-state index contributed by atoms with van der Waals surface area (Å²) < 4.78 is 1.89. The van der Waals surface area contributed by atoms with E-state index >= 15 is 0 Å². The molecule has 5 nitrogen and oxygen atoms in total. The molecular weight excluding hydrogens is 240 g/mol. The molecule has 0 saturated carbocycles. The summed E-state index contributed by atoms with van der Waals surface area (Å²) in [6.45, 7) is 1.08. The van der Waals surface area contributed by atoms with Crippen molar-refractivity contribution < 1.29 is 4.79 Å². The summed E-state index contributed by atoms with van der Waals surface area (Å²) in [6.07, 6.45) is 2.24. The molecule has 0 atom stereocenters. The zero-order valence-electron chi connectivity index (χ0n) is 10.6. The van der Waals surface area contributed by atoms with Gasteiger partial charge in [0.05, 0.1) is 12.5 Å². The lowest BCUT2D eigenvalue weighted by molar-refractivity contribution is -0.121. The fraction of sp³-hybridized carbons (Fsp3) is 0.286. The molecule has 0 spiro atoms. The van der Waals surface area contributed by atoms with Gasteiger partial charge in [-0.15, -0.1) is 0 Å². The smallest absolute Gasteiger partial charge is 0.239 e. The van der Waals surface area contributed by atoms with E-state index < -0.39 is 0 Å². The topological polar surface area (TPSA) is 83.8 Å². The molecule has 0 aliphatic rings. The summed E-state index contributed by atoms with van der Waals surface area (Å²) in [4.78, 5) is 11.8. The Morgan fingerprint density at radius 3 is 2.95 bits per heavy atom. The van der Waals surface area contributed by atoms with Crippen molar-refractivity contribution in [2.24, 2.45) is 5.73 Å². The maximum atomic E-state index is 11.8. The van der Waals surface area contributed by atoms with E-state index in [0.717, 1.165) is 16.5 Å². The molecular formula is C14H16N4O. The number of nitriles is 1. The van der Waals surface area contributed by atoms with Crippen molar-refractivity contribution in [3.8, 4) is 6.07 Å². The van der Waals surface area contributed by atoms with Crippen LogP contribution in [0.2, 0.25) is 0 Å². The Kier molecular flexibility index (Phi) is 4.16. The van der Waals surface area contributed by atoms with Crippen LogP contribution in [-0.2, 0) is 17.9 Å². The van der Waals surface area contributed by atoms with Crippen molar-refractivity contribution in [2.45, 2.75) is 19.5 Å². The molecule has 98 valence electrons. The van der Waals surface area contributed by atoms with Gasteiger partial charge in [0.1, 0.15) is 6.54 Å². The number of hydrogen-bond acceptors (Lipinski definition) is 3. The Labute approximate surface area is 111 Å². The van der Waals surface area contributed by atoms with Crippen LogP contribution in [0.3, 0.4) is 0 Å². The predicted molar refractivity (Wildman–Crippen MR) is 73.1 cm³/mol. The summed E-state index contributed by atoms with van der Waals surface area (Å²) in [5.41, 5.74) is 7.74. The molecule has 0 fully saturated rings. The molecule has 2 rings (SSSR count). The molecule has 5 heteroatoms. The van der Waals surface area contributed by atoms with E-state index in [0.29, 0.717) is 19.5 Å². The maximum Gasteiger partial charge on any atom is 0.239 e. The summed E-state index contributed by atoms with van der Waals surface area (Å²) in [7, 11) is 0. The summed E-state index contributed by atoms with van der Waals surface area (Å²) in [6, 6.07) is 9.86. The van der Waals surface area contributed by atoms with Crippen molar-refractivity contribution in [2.75, 3.05) is 6.54 Å². The first-order valence-corrected chi connectivity index (χ1v) is 6.16. The highest BCUT2D eigenvalue weighted by Crippen LogP contribution is 2.20. The van der Waals surface area contributed by atoms with Crippen molar-refractivity contribution in [3.63, 3.8) is 0 Å². The number of carbonyl (C=O) groups excluding carboxylic acids is 1. The number of amides is 1. The highest BCUT2D eigenvalue weighted by Gasteiger charge is 2.09. The van der Waals surface area contributed by atoms with Gasteiger partial charge in [0.15, 0.2) is 0 Å². The third-order valence-corrected chi connectivity index (χ3v) is 2.96. The molecule has 3 N–H and O–H groups in total. The largest absolute Gasteiger partial charge is 0.354 e. The molecule has 1 heterocycles. The lowest BCUT2D eigenvalue weighted by atomic mass is 10.2. The fourth-order valence-electron chi connectivity index (χ4n) is 2.08. The molecule has 0 saturated heterocycles. The molecule has 0 aliphatic heterocycles. The molecule has 0 unspecified atom stereocenters. The summed E-state index contributed by atoms with van der Waals surface area (Å²) in [5, 5.41) is 12.2. The van der Waals surface area contributed by atoms with Crippen molar-refractivity contribution >= 4 is 16.8 Å². The Balaban J connectivity index is 2.17. The van der Waals surface area contributed by atoms with E-state index in [9.17, 15) is 4.79 Å². The Morgan fingerprint density at radius 1 is 1.42 bits per heavy atom. The fourth-order valence-corrected chi connectivity index (χ4v) is 2.08. The van der Waals surface area contributed by atoms with E-state index in [1.165, 1.54) is 0 Å². The molecule has 19 heavy (non-hydrogen) atoms. The quantitative estimate of drug-likeness (QED) is 0.786. The van der Waals surface area contributed by atoms with Crippen molar-refractivity contribution in [1.82, 2.24) is 9.88 Å². The van der Waals surface area contributed by atoms with E-state index in [2.05, 4.69) is 5.32 Å². The normalized spacial score (nSPS) is 10.3. The number of fused-ring (bicyclic) bond motifs is 1. The Morgan fingerprint density at radius 2 is 2.21 bits per heavy atom. The Bertz CT molecular complexity index is 624. The molecule has 0 radical (unpaired) electrons. The first-order valence-electron chi connectivity index (χ1n) is 6.16. The first-order chi connectivity index (χ1) is 9.26. The third-order valence-electron chi connectivity index (χ3n) is 2.96. The average molecular weight is 256 g/mol. The van der Waals surface area contributed by atoms with E-state index in [1.54, 1.807) is 0 Å². The van der Waals surface area contributed by atoms with Gasteiger partial charge in [-0.2, -0.15) is 5.26 Å². The number of aromatic nitrogens is 1. The molecule has 1 aromatic heterocycles. The number of para-hydroxylation sites is 1. The van der Waals surface area contributed by atoms with E-state index in [1.807, 2.05) is 41.1 Å². The molecule has 2 aromatic rings. The van der Waals surface area contributed by atoms with Gasteiger partial charge < -0.3 is 15.6 Å². The van der Waals surface area contributed by atoms with Crippen LogP contribution in [-0.4, -0.2) is 17.0 Å². The van der Waals surface area contributed by atoms with Crippen LogP contribution in [0, 0.1) is 11.3 Å². The maximum absolute atomic E-state index is 11.8. The molecule has 1 amide bonds. The number of nitrogens with one attached hydrogen (secondary N) is 1. The van der Waals surface area contributed by atoms with Gasteiger partial charge in [-0.05, 0) is 11.6 Å². The molecule has 0 aliphatic carbocycles. The molecule has 1 aromatic carbocycles. The van der Waals surface area contributed by atoms with Gasteiger partial charge in [0.2, 0.25) is 5.91 Å². The summed E-state index contributed by atoms with van der Waals surface area (Å²) >= 11 is 0. The highest BCUT2D eigenvalue weighted by atomic mass is 16.1. The number of nitrogens with two attached hydrogens (primary N) is 1. The van der Waals surface area contributed by atoms with Crippen LogP contribution in [0.5, 0.6) is 0 Å². The predicted octanol–water partition coefficient (Wildman–Crippen LogP) is 1.13. The number of nitrogens with zero attached hydrogens (tertiary/aromatic N) is 2. The second-order valence-electron chi connectivity index (χ2n) is 4.26. The average Bonchev–Trinajstić information content (AvgIpc) is 2.77. The standard InChI is InChI=1S/C14H16N4O/c15-6-3-7-17-14(19)10-18-9-11(8-16)12-4-1-2-5-13(12)18/h1-2,4-5,9H,3,7-8,10,16H2,(H,17,19). The van der Waals surface area contributed by atoms with Crippen LogP contribution in [0.15, 0.2) is 30.5 Å².